The zero-order valence-corrected chi connectivity index (χ0v) is 9.28. The molecule has 0 heterocycles. The van der Waals surface area contributed by atoms with E-state index in [1.54, 1.807) is 0 Å². The molecule has 53 valence electrons. The first-order valence-electron chi connectivity index (χ1n) is 2.82. The van der Waals surface area contributed by atoms with Crippen molar-refractivity contribution < 1.29 is 14.4 Å². The maximum atomic E-state index is 12.2. The van der Waals surface area contributed by atoms with Crippen molar-refractivity contribution in [2.75, 3.05) is 0 Å². The smallest absolute Gasteiger partial charge is 0.423 e. The number of hydrogen-bond donors (Lipinski definition) is 2. The monoisotopic (exact) mass is 179 g/mol. The molecule has 0 aliphatic heterocycles. The zero-order chi connectivity index (χ0) is 7.56. The van der Waals surface area contributed by atoms with Crippen LogP contribution in [-0.2, 0) is 0 Å². The third-order valence-electron chi connectivity index (χ3n) is 1.17. The van der Waals surface area contributed by atoms with Crippen LogP contribution in [-0.4, -0.2) is 68.6 Å². The van der Waals surface area contributed by atoms with Gasteiger partial charge >= 0.3 is 7.12 Å². The molecule has 1 radical (unpaired) electrons. The summed E-state index contributed by atoms with van der Waals surface area (Å²) in [6.45, 7) is 0. The molecule has 0 saturated carbocycles. The molecule has 0 aliphatic carbocycles. The molecule has 1 rings (SSSR count). The van der Waals surface area contributed by atoms with Gasteiger partial charge in [0.1, 0.15) is 5.82 Å². The Bertz CT molecular complexity index is 214. The van der Waals surface area contributed by atoms with E-state index >= 15 is 0 Å². The fourth-order valence-electron chi connectivity index (χ4n) is 0.635. The normalized spacial score (nSPS) is 8.64. The minimum absolute atomic E-state index is 0. The molecule has 0 aliphatic rings. The van der Waals surface area contributed by atoms with Gasteiger partial charge < -0.3 is 10.0 Å². The number of benzene rings is 1. The third-order valence-corrected chi connectivity index (χ3v) is 1.17. The van der Waals surface area contributed by atoms with Crippen LogP contribution in [0.3, 0.4) is 0 Å². The Morgan fingerprint density at radius 3 is 1.91 bits per heavy atom. The average molecular weight is 179 g/mol. The van der Waals surface area contributed by atoms with Crippen LogP contribution in [0.15, 0.2) is 24.3 Å². The Kier molecular flexibility index (Phi) is 5.80. The quantitative estimate of drug-likeness (QED) is 0.550. The first-order chi connectivity index (χ1) is 4.70. The van der Waals surface area contributed by atoms with Crippen LogP contribution in [0.1, 0.15) is 0 Å². The van der Waals surface area contributed by atoms with E-state index in [1.807, 2.05) is 0 Å². The van der Waals surface area contributed by atoms with Crippen molar-refractivity contribution in [3.63, 3.8) is 0 Å². The van der Waals surface area contributed by atoms with E-state index in [4.69, 9.17) is 10.0 Å². The number of rotatable bonds is 1. The Hall–Kier alpha value is 0.771. The van der Waals surface area contributed by atoms with Gasteiger partial charge in [-0.3, -0.25) is 0 Å². The Morgan fingerprint density at radius 2 is 1.55 bits per heavy atom. The zero-order valence-electron chi connectivity index (χ0n) is 6.16. The van der Waals surface area contributed by atoms with E-state index in [1.165, 1.54) is 24.3 Å². The largest absolute Gasteiger partial charge is 0.488 e. The second-order valence-corrected chi connectivity index (χ2v) is 1.93. The molecule has 0 aromatic heterocycles. The molecule has 0 fully saturated rings. The van der Waals surface area contributed by atoms with Crippen LogP contribution >= 0.6 is 0 Å². The van der Waals surface area contributed by atoms with Crippen molar-refractivity contribution in [2.45, 2.75) is 0 Å². The minimum Gasteiger partial charge on any atom is -0.423 e. The topological polar surface area (TPSA) is 40.5 Å². The minimum atomic E-state index is -1.51. The molecule has 0 amide bonds. The molecule has 1 aromatic rings. The van der Waals surface area contributed by atoms with Crippen molar-refractivity contribution in [1.82, 2.24) is 0 Å². The maximum Gasteiger partial charge on any atom is 0.488 e. The van der Waals surface area contributed by atoms with Crippen LogP contribution in [0.5, 0.6) is 0 Å². The predicted molar refractivity (Wildman–Crippen MR) is 42.0 cm³/mol. The van der Waals surface area contributed by atoms with Crippen molar-refractivity contribution in [3.05, 3.63) is 30.1 Å². The molecule has 11 heavy (non-hydrogen) atoms. The summed E-state index contributed by atoms with van der Waals surface area (Å²) in [6, 6.07) is 4.99. The summed E-state index contributed by atoms with van der Waals surface area (Å²) in [5.74, 6) is -0.385. The molecule has 0 unspecified atom stereocenters. The second-order valence-electron chi connectivity index (χ2n) is 1.93. The summed E-state index contributed by atoms with van der Waals surface area (Å²) in [7, 11) is -1.51. The van der Waals surface area contributed by atoms with Crippen molar-refractivity contribution in [1.29, 1.82) is 0 Å². The fourth-order valence-corrected chi connectivity index (χ4v) is 0.635. The first kappa shape index (κ1) is 11.8. The summed E-state index contributed by atoms with van der Waals surface area (Å²) < 4.78 is 12.2. The summed E-state index contributed by atoms with van der Waals surface area (Å²) in [5, 5.41) is 17.1. The summed E-state index contributed by atoms with van der Waals surface area (Å²) in [6.07, 6.45) is 0. The summed E-state index contributed by atoms with van der Waals surface area (Å²) in [4.78, 5) is 0. The van der Waals surface area contributed by atoms with Gasteiger partial charge in [0.2, 0.25) is 0 Å². The van der Waals surface area contributed by atoms with Gasteiger partial charge in [0.15, 0.2) is 0 Å². The Balaban J connectivity index is 0.000001000. The van der Waals surface area contributed by atoms with E-state index in [9.17, 15) is 4.39 Å². The average Bonchev–Trinajstić information content (AvgIpc) is 1.88. The van der Waals surface area contributed by atoms with Gasteiger partial charge in [0.25, 0.3) is 0 Å². The maximum absolute atomic E-state index is 12.2. The molecular weight excluding hydrogens is 173 g/mol. The molecule has 0 saturated heterocycles. The van der Waals surface area contributed by atoms with Crippen LogP contribution in [0, 0.1) is 5.82 Å². The molecular formula is C6H6BFKO2. The first-order valence-corrected chi connectivity index (χ1v) is 2.82. The van der Waals surface area contributed by atoms with Crippen molar-refractivity contribution in [3.8, 4) is 0 Å². The Morgan fingerprint density at radius 1 is 1.09 bits per heavy atom. The second kappa shape index (κ2) is 5.42. The van der Waals surface area contributed by atoms with Crippen molar-refractivity contribution >= 4 is 64.0 Å². The van der Waals surface area contributed by atoms with E-state index in [-0.39, 0.29) is 57.2 Å². The Labute approximate surface area is 107 Å². The summed E-state index contributed by atoms with van der Waals surface area (Å²) >= 11 is 0. The SMILES string of the molecule is OB(O)c1ccc(F)cc1.[K]. The van der Waals surface area contributed by atoms with Gasteiger partial charge in [-0.1, -0.05) is 12.1 Å². The summed E-state index contributed by atoms with van der Waals surface area (Å²) in [5.41, 5.74) is 0.293. The van der Waals surface area contributed by atoms with E-state index in [2.05, 4.69) is 0 Å². The predicted octanol–water partition coefficient (Wildman–Crippen LogP) is -0.875. The third kappa shape index (κ3) is 3.80. The van der Waals surface area contributed by atoms with E-state index < -0.39 is 7.12 Å². The molecule has 0 spiro atoms. The van der Waals surface area contributed by atoms with Gasteiger partial charge in [-0.25, -0.2) is 4.39 Å². The van der Waals surface area contributed by atoms with Crippen LogP contribution in [0.4, 0.5) is 4.39 Å². The van der Waals surface area contributed by atoms with Gasteiger partial charge in [-0.05, 0) is 17.6 Å². The van der Waals surface area contributed by atoms with Gasteiger partial charge in [-0.15, -0.1) is 0 Å². The van der Waals surface area contributed by atoms with E-state index in [0.717, 1.165) is 0 Å². The number of hydrogen-bond acceptors (Lipinski definition) is 2. The van der Waals surface area contributed by atoms with Crippen LogP contribution in [0.2, 0.25) is 0 Å². The van der Waals surface area contributed by atoms with Gasteiger partial charge in [-0.2, -0.15) is 0 Å². The molecule has 2 nitrogen and oxygen atoms in total. The van der Waals surface area contributed by atoms with Crippen molar-refractivity contribution in [2.24, 2.45) is 0 Å². The van der Waals surface area contributed by atoms with Crippen LogP contribution < -0.4 is 5.46 Å². The molecule has 5 heteroatoms. The molecule has 2 N–H and O–H groups in total. The number of halogens is 1. The standard InChI is InChI=1S/C6H6BFO2.K/c8-6-3-1-5(2-4-6)7(9)10;/h1-4,9-10H;. The fraction of sp³-hybridized carbons (Fsp3) is 0. The molecule has 0 bridgehead atoms. The van der Waals surface area contributed by atoms with Crippen LogP contribution in [0.25, 0.3) is 0 Å². The van der Waals surface area contributed by atoms with Gasteiger partial charge in [0.05, 0.1) is 0 Å². The molecule has 1 aromatic carbocycles. The van der Waals surface area contributed by atoms with Gasteiger partial charge in [0, 0.05) is 51.4 Å². The van der Waals surface area contributed by atoms with E-state index in [0.29, 0.717) is 5.46 Å². The molecule has 0 atom stereocenters.